The molecule has 5 heteroatoms. The first-order chi connectivity index (χ1) is 8.99. The second-order valence-electron chi connectivity index (χ2n) is 4.41. The number of hydrogen-bond donors (Lipinski definition) is 1. The lowest BCUT2D eigenvalue weighted by molar-refractivity contribution is 0.727. The van der Waals surface area contributed by atoms with Crippen LogP contribution in [-0.2, 0) is 0 Å². The van der Waals surface area contributed by atoms with Gasteiger partial charge in [0, 0.05) is 12.1 Å². The third kappa shape index (κ3) is 3.19. The Labute approximate surface area is 126 Å². The molecule has 3 nitrogen and oxygen atoms in total. The van der Waals surface area contributed by atoms with Crippen LogP contribution in [-0.4, -0.2) is 12.0 Å². The highest BCUT2D eigenvalue weighted by atomic mass is 79.9. The maximum absolute atomic E-state index is 5.91. The van der Waals surface area contributed by atoms with Crippen LogP contribution in [0.25, 0.3) is 0 Å². The molecule has 0 fully saturated rings. The minimum absolute atomic E-state index is 0.185. The van der Waals surface area contributed by atoms with Crippen LogP contribution in [0, 0.1) is 0 Å². The summed E-state index contributed by atoms with van der Waals surface area (Å²) in [5, 5.41) is 0.741. The third-order valence-corrected chi connectivity index (χ3v) is 3.95. The van der Waals surface area contributed by atoms with E-state index in [2.05, 4.69) is 32.7 Å². The zero-order valence-corrected chi connectivity index (χ0v) is 13.1. The number of rotatable bonds is 3. The number of nitrogen functional groups attached to an aromatic ring is 1. The molecule has 100 valence electrons. The summed E-state index contributed by atoms with van der Waals surface area (Å²) in [6.07, 6.45) is 1.66. The molecule has 1 aromatic heterocycles. The van der Waals surface area contributed by atoms with Crippen LogP contribution in [0.3, 0.4) is 0 Å². The average Bonchev–Trinajstić information content (AvgIpc) is 2.38. The minimum Gasteiger partial charge on any atom is -0.397 e. The number of benzene rings is 1. The Bertz CT molecular complexity index is 571. The van der Waals surface area contributed by atoms with Gasteiger partial charge in [-0.1, -0.05) is 23.7 Å². The van der Waals surface area contributed by atoms with Crippen LogP contribution in [0.4, 0.5) is 11.5 Å². The summed E-state index contributed by atoms with van der Waals surface area (Å²) in [6, 6.07) is 9.88. The van der Waals surface area contributed by atoms with Crippen molar-refractivity contribution in [3.8, 4) is 0 Å². The third-order valence-electron chi connectivity index (χ3n) is 3.11. The lowest BCUT2D eigenvalue weighted by Gasteiger charge is -2.27. The second-order valence-corrected chi connectivity index (χ2v) is 5.70. The van der Waals surface area contributed by atoms with Crippen LogP contribution in [0.1, 0.15) is 18.5 Å². The van der Waals surface area contributed by atoms with E-state index in [0.717, 1.165) is 15.3 Å². The SMILES string of the molecule is CC(c1ccc(Cl)cc1)N(C)c1ncc(N)cc1Br. The molecule has 0 aliphatic carbocycles. The van der Waals surface area contributed by atoms with Gasteiger partial charge in [-0.25, -0.2) is 4.98 Å². The van der Waals surface area contributed by atoms with Gasteiger partial charge in [-0.3, -0.25) is 0 Å². The maximum Gasteiger partial charge on any atom is 0.143 e. The number of anilines is 2. The average molecular weight is 341 g/mol. The molecule has 0 saturated heterocycles. The number of nitrogens with zero attached hydrogens (tertiary/aromatic N) is 2. The summed E-state index contributed by atoms with van der Waals surface area (Å²) in [5.74, 6) is 0.858. The van der Waals surface area contributed by atoms with Gasteiger partial charge in [-0.15, -0.1) is 0 Å². The molecule has 1 aromatic carbocycles. The molecule has 0 amide bonds. The Hall–Kier alpha value is -1.26. The monoisotopic (exact) mass is 339 g/mol. The zero-order valence-electron chi connectivity index (χ0n) is 10.8. The Kier molecular flexibility index (Phi) is 4.32. The zero-order chi connectivity index (χ0) is 14.0. The van der Waals surface area contributed by atoms with Gasteiger partial charge in [0.15, 0.2) is 0 Å². The standard InChI is InChI=1S/C14H15BrClN3/c1-9(10-3-5-11(16)6-4-10)19(2)14-13(15)7-12(17)8-18-14/h3-9H,17H2,1-2H3. The molecule has 1 heterocycles. The molecule has 0 radical (unpaired) electrons. The first-order valence-electron chi connectivity index (χ1n) is 5.88. The summed E-state index contributed by atoms with van der Waals surface area (Å²) in [7, 11) is 2.00. The normalized spacial score (nSPS) is 12.2. The maximum atomic E-state index is 5.91. The van der Waals surface area contributed by atoms with E-state index in [-0.39, 0.29) is 6.04 Å². The molecule has 2 rings (SSSR count). The van der Waals surface area contributed by atoms with Crippen molar-refractivity contribution >= 4 is 39.0 Å². The van der Waals surface area contributed by atoms with E-state index in [4.69, 9.17) is 17.3 Å². The smallest absolute Gasteiger partial charge is 0.143 e. The van der Waals surface area contributed by atoms with Gasteiger partial charge in [-0.2, -0.15) is 0 Å². The largest absolute Gasteiger partial charge is 0.397 e. The predicted molar refractivity (Wildman–Crippen MR) is 84.6 cm³/mol. The fourth-order valence-electron chi connectivity index (χ4n) is 1.85. The minimum atomic E-state index is 0.185. The van der Waals surface area contributed by atoms with Gasteiger partial charge in [0.05, 0.1) is 22.4 Å². The van der Waals surface area contributed by atoms with Crippen LogP contribution < -0.4 is 10.6 Å². The van der Waals surface area contributed by atoms with Crippen molar-refractivity contribution in [2.45, 2.75) is 13.0 Å². The lowest BCUT2D eigenvalue weighted by atomic mass is 10.1. The molecule has 0 aliphatic rings. The highest BCUT2D eigenvalue weighted by Crippen LogP contribution is 2.30. The van der Waals surface area contributed by atoms with Gasteiger partial charge >= 0.3 is 0 Å². The summed E-state index contributed by atoms with van der Waals surface area (Å²) >= 11 is 9.40. The first kappa shape index (κ1) is 14.2. The van der Waals surface area contributed by atoms with Gasteiger partial charge < -0.3 is 10.6 Å². The highest BCUT2D eigenvalue weighted by Gasteiger charge is 2.15. The van der Waals surface area contributed by atoms with E-state index in [9.17, 15) is 0 Å². The molecule has 1 unspecified atom stereocenters. The molecule has 19 heavy (non-hydrogen) atoms. The van der Waals surface area contributed by atoms with Crippen molar-refractivity contribution < 1.29 is 0 Å². The van der Waals surface area contributed by atoms with Crippen molar-refractivity contribution in [2.75, 3.05) is 17.7 Å². The number of hydrogen-bond acceptors (Lipinski definition) is 3. The molecule has 0 saturated carbocycles. The van der Waals surface area contributed by atoms with Gasteiger partial charge in [-0.05, 0) is 46.6 Å². The fourth-order valence-corrected chi connectivity index (χ4v) is 2.63. The second kappa shape index (κ2) is 5.80. The molecule has 1 atom stereocenters. The molecular formula is C14H15BrClN3. The van der Waals surface area contributed by atoms with Crippen molar-refractivity contribution in [1.29, 1.82) is 0 Å². The van der Waals surface area contributed by atoms with Gasteiger partial charge in [0.2, 0.25) is 0 Å². The number of halogens is 2. The van der Waals surface area contributed by atoms with E-state index >= 15 is 0 Å². The molecule has 0 spiro atoms. The van der Waals surface area contributed by atoms with E-state index in [1.54, 1.807) is 6.20 Å². The lowest BCUT2D eigenvalue weighted by Crippen LogP contribution is -2.23. The molecule has 2 N–H and O–H groups in total. The predicted octanol–water partition coefficient (Wildman–Crippen LogP) is 4.28. The quantitative estimate of drug-likeness (QED) is 0.907. The summed E-state index contributed by atoms with van der Waals surface area (Å²) in [4.78, 5) is 6.46. The van der Waals surface area contributed by atoms with Crippen LogP contribution in [0.2, 0.25) is 5.02 Å². The number of aromatic nitrogens is 1. The van der Waals surface area contributed by atoms with E-state index in [1.165, 1.54) is 5.56 Å². The Morgan fingerprint density at radius 2 is 1.95 bits per heavy atom. The first-order valence-corrected chi connectivity index (χ1v) is 7.05. The van der Waals surface area contributed by atoms with Crippen molar-refractivity contribution in [3.63, 3.8) is 0 Å². The molecule has 0 bridgehead atoms. The Morgan fingerprint density at radius 3 is 2.53 bits per heavy atom. The van der Waals surface area contributed by atoms with Crippen LogP contribution in [0.15, 0.2) is 41.0 Å². The molecule has 0 aliphatic heterocycles. The summed E-state index contributed by atoms with van der Waals surface area (Å²) < 4.78 is 0.885. The van der Waals surface area contributed by atoms with Crippen LogP contribution in [0.5, 0.6) is 0 Å². The topological polar surface area (TPSA) is 42.2 Å². The van der Waals surface area contributed by atoms with E-state index in [0.29, 0.717) is 5.69 Å². The van der Waals surface area contributed by atoms with Gasteiger partial charge in [0.25, 0.3) is 0 Å². The summed E-state index contributed by atoms with van der Waals surface area (Å²) in [6.45, 7) is 2.12. The number of nitrogens with two attached hydrogens (primary N) is 1. The number of pyridine rings is 1. The Morgan fingerprint density at radius 1 is 1.32 bits per heavy atom. The van der Waals surface area contributed by atoms with Crippen molar-refractivity contribution in [1.82, 2.24) is 4.98 Å². The summed E-state index contributed by atoms with van der Waals surface area (Å²) in [5.41, 5.74) is 7.53. The molecular weight excluding hydrogens is 326 g/mol. The van der Waals surface area contributed by atoms with Gasteiger partial charge in [0.1, 0.15) is 5.82 Å². The highest BCUT2D eigenvalue weighted by molar-refractivity contribution is 9.10. The van der Waals surface area contributed by atoms with Crippen molar-refractivity contribution in [2.24, 2.45) is 0 Å². The van der Waals surface area contributed by atoms with Crippen molar-refractivity contribution in [3.05, 3.63) is 51.6 Å². The molecule has 2 aromatic rings. The Balaban J connectivity index is 2.27. The van der Waals surface area contributed by atoms with Crippen LogP contribution >= 0.6 is 27.5 Å². The van der Waals surface area contributed by atoms with E-state index in [1.807, 2.05) is 37.4 Å². The van der Waals surface area contributed by atoms with E-state index < -0.39 is 0 Å². The fraction of sp³-hybridized carbons (Fsp3) is 0.214.